The Morgan fingerprint density at radius 1 is 1.19 bits per heavy atom. The van der Waals surface area contributed by atoms with Crippen LogP contribution >= 0.6 is 0 Å². The number of amides is 1. The van der Waals surface area contributed by atoms with Crippen molar-refractivity contribution in [1.82, 2.24) is 5.32 Å². The van der Waals surface area contributed by atoms with E-state index in [-0.39, 0.29) is 30.9 Å². The van der Waals surface area contributed by atoms with E-state index in [2.05, 4.69) is 5.32 Å². The fraction of sp³-hybridized carbons (Fsp3) is 0.562. The van der Waals surface area contributed by atoms with Gasteiger partial charge in [0.25, 0.3) is 0 Å². The Bertz CT molecular complexity index is 479. The predicted octanol–water partition coefficient (Wildman–Crippen LogP) is 2.71. The van der Waals surface area contributed by atoms with Crippen LogP contribution in [0, 0.1) is 11.6 Å². The first-order valence-corrected chi connectivity index (χ1v) is 7.42. The van der Waals surface area contributed by atoms with E-state index >= 15 is 0 Å². The lowest BCUT2D eigenvalue weighted by molar-refractivity contribution is -0.127. The highest BCUT2D eigenvalue weighted by Crippen LogP contribution is 2.30. The normalized spacial score (nSPS) is 17.5. The molecule has 1 saturated carbocycles. The Kier molecular flexibility index (Phi) is 5.28. The summed E-state index contributed by atoms with van der Waals surface area (Å²) in [6, 6.07) is 3.71. The third kappa shape index (κ3) is 4.49. The summed E-state index contributed by atoms with van der Waals surface area (Å²) in [4.78, 5) is 11.8. The average Bonchev–Trinajstić information content (AvgIpc) is 2.42. The molecule has 0 unspecified atom stereocenters. The largest absolute Gasteiger partial charge is 0.389 e. The summed E-state index contributed by atoms with van der Waals surface area (Å²) in [6.07, 6.45) is 4.41. The molecule has 1 amide bonds. The highest BCUT2D eigenvalue weighted by Gasteiger charge is 2.31. The van der Waals surface area contributed by atoms with Crippen molar-refractivity contribution in [2.45, 2.75) is 50.5 Å². The molecule has 0 heterocycles. The van der Waals surface area contributed by atoms with Gasteiger partial charge in [-0.2, -0.15) is 0 Å². The van der Waals surface area contributed by atoms with Gasteiger partial charge in [0.1, 0.15) is 11.6 Å². The second-order valence-corrected chi connectivity index (χ2v) is 5.76. The van der Waals surface area contributed by atoms with Gasteiger partial charge in [0.05, 0.1) is 12.0 Å². The van der Waals surface area contributed by atoms with Crippen LogP contribution in [0.3, 0.4) is 0 Å². The molecule has 0 aliphatic heterocycles. The molecule has 0 radical (unpaired) electrons. The van der Waals surface area contributed by atoms with Crippen molar-refractivity contribution < 1.29 is 18.7 Å². The molecule has 1 aliphatic rings. The molecule has 2 rings (SSSR count). The molecule has 0 spiro atoms. The molecule has 0 bridgehead atoms. The number of benzene rings is 1. The second-order valence-electron chi connectivity index (χ2n) is 5.76. The topological polar surface area (TPSA) is 49.3 Å². The lowest BCUT2D eigenvalue weighted by Gasteiger charge is -2.31. The molecule has 0 atom stereocenters. The van der Waals surface area contributed by atoms with Gasteiger partial charge in [-0.15, -0.1) is 0 Å². The van der Waals surface area contributed by atoms with Crippen molar-refractivity contribution in [1.29, 1.82) is 0 Å². The van der Waals surface area contributed by atoms with Crippen LogP contribution in [0.15, 0.2) is 18.2 Å². The summed E-state index contributed by atoms with van der Waals surface area (Å²) in [7, 11) is 0. The van der Waals surface area contributed by atoms with E-state index < -0.39 is 17.2 Å². The first-order chi connectivity index (χ1) is 10.0. The summed E-state index contributed by atoms with van der Waals surface area (Å²) < 4.78 is 26.8. The maximum atomic E-state index is 13.4. The second kappa shape index (κ2) is 6.98. The molecule has 0 saturated heterocycles. The monoisotopic (exact) mass is 297 g/mol. The fourth-order valence-corrected chi connectivity index (χ4v) is 2.85. The van der Waals surface area contributed by atoms with Gasteiger partial charge in [0, 0.05) is 12.1 Å². The molecule has 116 valence electrons. The van der Waals surface area contributed by atoms with Crippen molar-refractivity contribution in [3.8, 4) is 0 Å². The van der Waals surface area contributed by atoms with Gasteiger partial charge in [0.2, 0.25) is 5.91 Å². The van der Waals surface area contributed by atoms with Crippen LogP contribution < -0.4 is 5.32 Å². The number of nitrogens with one attached hydrogen (secondary N) is 1. The minimum absolute atomic E-state index is 0.0193. The van der Waals surface area contributed by atoms with Gasteiger partial charge >= 0.3 is 0 Å². The van der Waals surface area contributed by atoms with Crippen LogP contribution in [0.2, 0.25) is 0 Å². The van der Waals surface area contributed by atoms with E-state index in [1.165, 1.54) is 18.2 Å². The molecule has 1 aromatic rings. The number of halogens is 2. The summed E-state index contributed by atoms with van der Waals surface area (Å²) in [5, 5.41) is 12.9. The molecule has 0 aromatic heterocycles. The SMILES string of the molecule is O=C(CC1(O)CCCCC1)NCCc1c(F)cccc1F. The van der Waals surface area contributed by atoms with Crippen LogP contribution in [0.4, 0.5) is 8.78 Å². The third-order valence-corrected chi connectivity index (χ3v) is 4.03. The average molecular weight is 297 g/mol. The zero-order valence-electron chi connectivity index (χ0n) is 12.0. The van der Waals surface area contributed by atoms with Gasteiger partial charge < -0.3 is 10.4 Å². The number of hydrogen-bond acceptors (Lipinski definition) is 2. The zero-order valence-corrected chi connectivity index (χ0v) is 12.0. The third-order valence-electron chi connectivity index (χ3n) is 4.03. The van der Waals surface area contributed by atoms with Gasteiger partial charge in [-0.05, 0) is 31.4 Å². The molecule has 1 fully saturated rings. The van der Waals surface area contributed by atoms with E-state index in [1.807, 2.05) is 0 Å². The number of aliphatic hydroxyl groups is 1. The van der Waals surface area contributed by atoms with Crippen molar-refractivity contribution in [3.63, 3.8) is 0 Å². The van der Waals surface area contributed by atoms with Crippen LogP contribution in [-0.2, 0) is 11.2 Å². The lowest BCUT2D eigenvalue weighted by Crippen LogP contribution is -2.39. The van der Waals surface area contributed by atoms with Crippen LogP contribution in [0.1, 0.15) is 44.1 Å². The van der Waals surface area contributed by atoms with E-state index in [9.17, 15) is 18.7 Å². The Morgan fingerprint density at radius 2 is 1.81 bits per heavy atom. The number of carbonyl (C=O) groups is 1. The molecule has 2 N–H and O–H groups in total. The first-order valence-electron chi connectivity index (χ1n) is 7.42. The van der Waals surface area contributed by atoms with Crippen molar-refractivity contribution in [2.24, 2.45) is 0 Å². The van der Waals surface area contributed by atoms with E-state index in [1.54, 1.807) is 0 Å². The quantitative estimate of drug-likeness (QED) is 0.878. The molecule has 3 nitrogen and oxygen atoms in total. The maximum absolute atomic E-state index is 13.4. The van der Waals surface area contributed by atoms with Crippen molar-refractivity contribution in [3.05, 3.63) is 35.4 Å². The first kappa shape index (κ1) is 15.9. The zero-order chi connectivity index (χ0) is 15.3. The molecular formula is C16H21F2NO2. The number of rotatable bonds is 5. The number of hydrogen-bond donors (Lipinski definition) is 2. The van der Waals surface area contributed by atoms with Crippen molar-refractivity contribution >= 4 is 5.91 Å². The van der Waals surface area contributed by atoms with Gasteiger partial charge in [-0.1, -0.05) is 25.3 Å². The van der Waals surface area contributed by atoms with Crippen molar-refractivity contribution in [2.75, 3.05) is 6.54 Å². The summed E-state index contributed by atoms with van der Waals surface area (Å²) in [5.41, 5.74) is -0.930. The highest BCUT2D eigenvalue weighted by molar-refractivity contribution is 5.77. The smallest absolute Gasteiger partial charge is 0.222 e. The van der Waals surface area contributed by atoms with E-state index in [4.69, 9.17) is 0 Å². The van der Waals surface area contributed by atoms with Crippen LogP contribution in [0.5, 0.6) is 0 Å². The molecule has 1 aromatic carbocycles. The summed E-state index contributed by atoms with van der Waals surface area (Å²) in [5.74, 6) is -1.47. The fourth-order valence-electron chi connectivity index (χ4n) is 2.85. The number of carbonyl (C=O) groups excluding carboxylic acids is 1. The summed E-state index contributed by atoms with van der Waals surface area (Å²) in [6.45, 7) is 0.159. The van der Waals surface area contributed by atoms with Crippen LogP contribution in [0.25, 0.3) is 0 Å². The van der Waals surface area contributed by atoms with Gasteiger partial charge in [-0.3, -0.25) is 4.79 Å². The van der Waals surface area contributed by atoms with Gasteiger partial charge in [0.15, 0.2) is 0 Å². The summed E-state index contributed by atoms with van der Waals surface area (Å²) >= 11 is 0. The Hall–Kier alpha value is -1.49. The molecular weight excluding hydrogens is 276 g/mol. The highest BCUT2D eigenvalue weighted by atomic mass is 19.1. The Balaban J connectivity index is 1.79. The Morgan fingerprint density at radius 3 is 2.43 bits per heavy atom. The standard InChI is InChI=1S/C16H21F2NO2/c17-13-5-4-6-14(18)12(13)7-10-19-15(20)11-16(21)8-2-1-3-9-16/h4-6,21H,1-3,7-11H2,(H,19,20). The molecule has 21 heavy (non-hydrogen) atoms. The van der Waals surface area contributed by atoms with E-state index in [0.29, 0.717) is 12.8 Å². The van der Waals surface area contributed by atoms with E-state index in [0.717, 1.165) is 19.3 Å². The predicted molar refractivity (Wildman–Crippen MR) is 75.7 cm³/mol. The van der Waals surface area contributed by atoms with Gasteiger partial charge in [-0.25, -0.2) is 8.78 Å². The minimum Gasteiger partial charge on any atom is -0.389 e. The minimum atomic E-state index is -0.911. The maximum Gasteiger partial charge on any atom is 0.222 e. The molecule has 5 heteroatoms. The molecule has 1 aliphatic carbocycles. The Labute approximate surface area is 123 Å². The van der Waals surface area contributed by atoms with Crippen LogP contribution in [-0.4, -0.2) is 23.2 Å². The lowest BCUT2D eigenvalue weighted by atomic mass is 9.82.